The van der Waals surface area contributed by atoms with E-state index in [2.05, 4.69) is 39.2 Å². The van der Waals surface area contributed by atoms with Crippen LogP contribution in [0.1, 0.15) is 13.8 Å². The van der Waals surface area contributed by atoms with Gasteiger partial charge in [0.1, 0.15) is 17.1 Å². The fourth-order valence-electron chi connectivity index (χ4n) is 2.80. The van der Waals surface area contributed by atoms with Crippen molar-refractivity contribution in [3.8, 4) is 17.1 Å². The van der Waals surface area contributed by atoms with Crippen LogP contribution in [0.15, 0.2) is 24.4 Å². The van der Waals surface area contributed by atoms with E-state index in [1.807, 2.05) is 12.1 Å². The van der Waals surface area contributed by atoms with Gasteiger partial charge < -0.3 is 21.1 Å². The summed E-state index contributed by atoms with van der Waals surface area (Å²) in [6, 6.07) is 6.00. The highest BCUT2D eigenvalue weighted by Crippen LogP contribution is 2.27. The third-order valence-corrected chi connectivity index (χ3v) is 3.66. The van der Waals surface area contributed by atoms with Crippen molar-refractivity contribution in [2.45, 2.75) is 25.9 Å². The van der Waals surface area contributed by atoms with E-state index < -0.39 is 0 Å². The van der Waals surface area contributed by atoms with E-state index in [0.717, 1.165) is 18.9 Å². The maximum Gasteiger partial charge on any atom is 0.151 e. The molecule has 1 aliphatic rings. The normalized spacial score (nSPS) is 21.8. The molecule has 0 saturated carbocycles. The first-order valence-electron chi connectivity index (χ1n) is 7.32. The Hall–Kier alpha value is -2.41. The Kier molecular flexibility index (Phi) is 3.81. The van der Waals surface area contributed by atoms with Gasteiger partial charge in [0, 0.05) is 31.2 Å². The average Bonchev–Trinajstić information content (AvgIpc) is 2.46. The predicted octanol–water partition coefficient (Wildman–Crippen LogP) is 1.01. The summed E-state index contributed by atoms with van der Waals surface area (Å²) in [5.41, 5.74) is 6.90. The Morgan fingerprint density at radius 3 is 2.55 bits per heavy atom. The second-order valence-electron chi connectivity index (χ2n) is 5.79. The van der Waals surface area contributed by atoms with Crippen molar-refractivity contribution in [1.82, 2.24) is 20.5 Å². The lowest BCUT2D eigenvalue weighted by molar-refractivity contribution is 0.404. The molecule has 0 aliphatic carbocycles. The highest BCUT2D eigenvalue weighted by Gasteiger charge is 2.22. The molecular weight excluding hydrogens is 280 g/mol. The van der Waals surface area contributed by atoms with Crippen LogP contribution >= 0.6 is 0 Å². The molecule has 2 atom stereocenters. The van der Waals surface area contributed by atoms with Gasteiger partial charge >= 0.3 is 0 Å². The number of nitrogens with two attached hydrogens (primary N) is 1. The Morgan fingerprint density at radius 2 is 1.95 bits per heavy atom. The molecule has 1 aliphatic heterocycles. The number of aromatic nitrogens is 3. The molecule has 3 rings (SSSR count). The van der Waals surface area contributed by atoms with Crippen molar-refractivity contribution in [1.29, 1.82) is 0 Å². The second-order valence-corrected chi connectivity index (χ2v) is 5.79. The summed E-state index contributed by atoms with van der Waals surface area (Å²) in [6.45, 7) is 6.09. The standard InChI is InChI=1S/C15H20N6O/c1-9-7-21(8-10(2)18-9)14-4-3-12(19-20-14)15-13(22)5-11(16)6-17-15/h3-6,9-10,18,22H,7-8,16H2,1-2H3/t9-,10+. The first-order valence-corrected chi connectivity index (χ1v) is 7.32. The molecule has 0 spiro atoms. The van der Waals surface area contributed by atoms with E-state index in [1.54, 1.807) is 0 Å². The van der Waals surface area contributed by atoms with Gasteiger partial charge in [-0.15, -0.1) is 10.2 Å². The van der Waals surface area contributed by atoms with Crippen LogP contribution in [-0.4, -0.2) is 45.5 Å². The Balaban J connectivity index is 1.83. The van der Waals surface area contributed by atoms with Gasteiger partial charge in [0.25, 0.3) is 0 Å². The lowest BCUT2D eigenvalue weighted by Gasteiger charge is -2.36. The molecule has 4 N–H and O–H groups in total. The first kappa shape index (κ1) is 14.5. The van der Waals surface area contributed by atoms with Gasteiger partial charge in [-0.05, 0) is 26.0 Å². The largest absolute Gasteiger partial charge is 0.506 e. The molecule has 0 unspecified atom stereocenters. The van der Waals surface area contributed by atoms with Gasteiger partial charge in [0.2, 0.25) is 0 Å². The van der Waals surface area contributed by atoms with Crippen LogP contribution in [0, 0.1) is 0 Å². The summed E-state index contributed by atoms with van der Waals surface area (Å²) < 4.78 is 0. The summed E-state index contributed by atoms with van der Waals surface area (Å²) in [6.07, 6.45) is 1.49. The lowest BCUT2D eigenvalue weighted by atomic mass is 10.1. The molecule has 1 fully saturated rings. The molecule has 7 nitrogen and oxygen atoms in total. The zero-order valence-electron chi connectivity index (χ0n) is 12.7. The predicted molar refractivity (Wildman–Crippen MR) is 85.6 cm³/mol. The Labute approximate surface area is 129 Å². The van der Waals surface area contributed by atoms with Crippen LogP contribution in [0.5, 0.6) is 5.75 Å². The maximum absolute atomic E-state index is 9.90. The minimum Gasteiger partial charge on any atom is -0.506 e. The average molecular weight is 300 g/mol. The van der Waals surface area contributed by atoms with Crippen molar-refractivity contribution in [3.63, 3.8) is 0 Å². The summed E-state index contributed by atoms with van der Waals surface area (Å²) >= 11 is 0. The summed E-state index contributed by atoms with van der Waals surface area (Å²) in [7, 11) is 0. The van der Waals surface area contributed by atoms with Crippen LogP contribution in [0.25, 0.3) is 11.4 Å². The fraction of sp³-hybridized carbons (Fsp3) is 0.400. The van der Waals surface area contributed by atoms with Gasteiger partial charge in [0.05, 0.1) is 11.9 Å². The number of aromatic hydroxyl groups is 1. The molecule has 0 amide bonds. The van der Waals surface area contributed by atoms with Crippen LogP contribution in [0.3, 0.4) is 0 Å². The molecule has 2 aromatic heterocycles. The first-order chi connectivity index (χ1) is 10.5. The smallest absolute Gasteiger partial charge is 0.151 e. The second kappa shape index (κ2) is 5.76. The minimum atomic E-state index is 0.00599. The quantitative estimate of drug-likeness (QED) is 0.761. The van der Waals surface area contributed by atoms with Gasteiger partial charge in [-0.25, -0.2) is 4.98 Å². The number of nitrogens with one attached hydrogen (secondary N) is 1. The van der Waals surface area contributed by atoms with Crippen molar-refractivity contribution in [2.24, 2.45) is 0 Å². The minimum absolute atomic E-state index is 0.00599. The van der Waals surface area contributed by atoms with E-state index in [4.69, 9.17) is 5.73 Å². The molecular formula is C15H20N6O. The number of anilines is 2. The number of hydrogen-bond acceptors (Lipinski definition) is 7. The van der Waals surface area contributed by atoms with Crippen LogP contribution in [-0.2, 0) is 0 Å². The molecule has 7 heteroatoms. The monoisotopic (exact) mass is 300 g/mol. The molecule has 0 bridgehead atoms. The molecule has 22 heavy (non-hydrogen) atoms. The Bertz CT molecular complexity index is 650. The third-order valence-electron chi connectivity index (χ3n) is 3.66. The van der Waals surface area contributed by atoms with E-state index in [1.165, 1.54) is 12.3 Å². The highest BCUT2D eigenvalue weighted by atomic mass is 16.3. The molecule has 2 aromatic rings. The van der Waals surface area contributed by atoms with E-state index >= 15 is 0 Å². The summed E-state index contributed by atoms with van der Waals surface area (Å²) in [4.78, 5) is 6.32. The van der Waals surface area contributed by atoms with Gasteiger partial charge in [-0.2, -0.15) is 0 Å². The summed E-state index contributed by atoms with van der Waals surface area (Å²) in [5, 5.41) is 21.9. The van der Waals surface area contributed by atoms with Crippen LogP contribution in [0.2, 0.25) is 0 Å². The van der Waals surface area contributed by atoms with Gasteiger partial charge in [-0.1, -0.05) is 0 Å². The fourth-order valence-corrected chi connectivity index (χ4v) is 2.80. The third kappa shape index (κ3) is 2.94. The number of pyridine rings is 1. The van der Waals surface area contributed by atoms with Crippen LogP contribution < -0.4 is 16.0 Å². The topological polar surface area (TPSA) is 100 Å². The van der Waals surface area contributed by atoms with Crippen molar-refractivity contribution >= 4 is 11.5 Å². The molecule has 0 radical (unpaired) electrons. The number of nitrogen functional groups attached to an aromatic ring is 1. The summed E-state index contributed by atoms with van der Waals surface area (Å²) in [5.74, 6) is 0.838. The maximum atomic E-state index is 9.90. The number of nitrogens with zero attached hydrogens (tertiary/aromatic N) is 4. The van der Waals surface area contributed by atoms with Crippen molar-refractivity contribution in [3.05, 3.63) is 24.4 Å². The van der Waals surface area contributed by atoms with Gasteiger partial charge in [0.15, 0.2) is 5.82 Å². The van der Waals surface area contributed by atoms with Crippen molar-refractivity contribution < 1.29 is 5.11 Å². The van der Waals surface area contributed by atoms with Crippen molar-refractivity contribution in [2.75, 3.05) is 23.7 Å². The van der Waals surface area contributed by atoms with E-state index in [9.17, 15) is 5.11 Å². The van der Waals surface area contributed by atoms with Crippen LogP contribution in [0.4, 0.5) is 11.5 Å². The van der Waals surface area contributed by atoms with E-state index in [-0.39, 0.29) is 5.75 Å². The molecule has 0 aromatic carbocycles. The number of hydrogen-bond donors (Lipinski definition) is 3. The SMILES string of the molecule is C[C@@H]1CN(c2ccc(-c3ncc(N)cc3O)nn2)C[C@H](C)N1. The molecule has 116 valence electrons. The lowest BCUT2D eigenvalue weighted by Crippen LogP contribution is -2.54. The highest BCUT2D eigenvalue weighted by molar-refractivity contribution is 5.65. The number of piperazine rings is 1. The number of rotatable bonds is 2. The zero-order chi connectivity index (χ0) is 15.7. The Morgan fingerprint density at radius 1 is 1.23 bits per heavy atom. The van der Waals surface area contributed by atoms with Gasteiger partial charge in [-0.3, -0.25) is 0 Å². The molecule has 1 saturated heterocycles. The van der Waals surface area contributed by atoms with E-state index in [0.29, 0.717) is 29.2 Å². The molecule has 3 heterocycles. The zero-order valence-corrected chi connectivity index (χ0v) is 12.7.